The van der Waals surface area contributed by atoms with Crippen molar-refractivity contribution < 1.29 is 15.4 Å². The van der Waals surface area contributed by atoms with Crippen molar-refractivity contribution in [1.82, 2.24) is 10.5 Å². The van der Waals surface area contributed by atoms with Crippen LogP contribution >= 0.6 is 12.6 Å². The SMILES string of the molecule is NNC(S)C(O)N(O)Cc1cccc(O)c1. The van der Waals surface area contributed by atoms with Crippen LogP contribution in [0.2, 0.25) is 0 Å². The summed E-state index contributed by atoms with van der Waals surface area (Å²) in [5.74, 6) is 5.16. The van der Waals surface area contributed by atoms with Crippen molar-refractivity contribution in [2.24, 2.45) is 5.84 Å². The van der Waals surface area contributed by atoms with Gasteiger partial charge in [0.1, 0.15) is 11.1 Å². The molecular formula is C9H15N3O3S. The van der Waals surface area contributed by atoms with Gasteiger partial charge < -0.3 is 15.4 Å². The normalized spacial score (nSPS) is 15.1. The Balaban J connectivity index is 2.60. The monoisotopic (exact) mass is 245 g/mol. The molecule has 0 fully saturated rings. The lowest BCUT2D eigenvalue weighted by Gasteiger charge is -2.25. The molecule has 1 aromatic rings. The zero-order valence-electron chi connectivity index (χ0n) is 8.48. The third kappa shape index (κ3) is 3.63. The third-order valence-electron chi connectivity index (χ3n) is 2.01. The van der Waals surface area contributed by atoms with E-state index in [4.69, 9.17) is 5.84 Å². The number of nitrogens with zero attached hydrogens (tertiary/aromatic N) is 1. The molecule has 0 bridgehead atoms. The largest absolute Gasteiger partial charge is 0.508 e. The molecule has 6 N–H and O–H groups in total. The van der Waals surface area contributed by atoms with E-state index in [2.05, 4.69) is 18.1 Å². The van der Waals surface area contributed by atoms with E-state index in [0.29, 0.717) is 10.6 Å². The Kier molecular flexibility index (Phi) is 5.00. The van der Waals surface area contributed by atoms with Crippen LogP contribution in [0.5, 0.6) is 5.75 Å². The predicted molar refractivity (Wildman–Crippen MR) is 61.5 cm³/mol. The number of aliphatic hydroxyl groups excluding tert-OH is 1. The van der Waals surface area contributed by atoms with Gasteiger partial charge in [0.2, 0.25) is 0 Å². The van der Waals surface area contributed by atoms with Crippen LogP contribution in [0.3, 0.4) is 0 Å². The maximum Gasteiger partial charge on any atom is 0.155 e. The number of thiol groups is 1. The molecule has 1 aromatic carbocycles. The molecule has 0 heterocycles. The molecule has 7 heteroatoms. The van der Waals surface area contributed by atoms with Gasteiger partial charge in [-0.25, -0.2) is 5.43 Å². The van der Waals surface area contributed by atoms with E-state index < -0.39 is 11.6 Å². The molecule has 0 amide bonds. The Bertz CT molecular complexity index is 340. The number of hydrazine groups is 1. The van der Waals surface area contributed by atoms with Crippen molar-refractivity contribution in [2.45, 2.75) is 18.1 Å². The first-order valence-corrected chi connectivity index (χ1v) is 5.12. The molecule has 0 saturated heterocycles. The van der Waals surface area contributed by atoms with Crippen molar-refractivity contribution in [2.75, 3.05) is 0 Å². The number of nitrogens with two attached hydrogens (primary N) is 1. The summed E-state index contributed by atoms with van der Waals surface area (Å²) in [5.41, 5.74) is 2.86. The van der Waals surface area contributed by atoms with Gasteiger partial charge in [-0.05, 0) is 17.7 Å². The van der Waals surface area contributed by atoms with Crippen LogP contribution in [0.25, 0.3) is 0 Å². The number of hydroxylamine groups is 2. The van der Waals surface area contributed by atoms with Gasteiger partial charge in [-0.2, -0.15) is 17.7 Å². The van der Waals surface area contributed by atoms with E-state index in [1.807, 2.05) is 0 Å². The maximum absolute atomic E-state index is 9.52. The molecule has 90 valence electrons. The van der Waals surface area contributed by atoms with Crippen LogP contribution in [0.1, 0.15) is 5.56 Å². The molecular weight excluding hydrogens is 230 g/mol. The molecule has 2 unspecified atom stereocenters. The van der Waals surface area contributed by atoms with E-state index in [1.54, 1.807) is 12.1 Å². The molecule has 0 saturated carbocycles. The smallest absolute Gasteiger partial charge is 0.155 e. The second-order valence-electron chi connectivity index (χ2n) is 3.29. The maximum atomic E-state index is 9.52. The van der Waals surface area contributed by atoms with Gasteiger partial charge in [-0.15, -0.1) is 0 Å². The topological polar surface area (TPSA) is 102 Å². The number of nitrogens with one attached hydrogen (secondary N) is 1. The summed E-state index contributed by atoms with van der Waals surface area (Å²) >= 11 is 3.91. The minimum absolute atomic E-state index is 0.0499. The van der Waals surface area contributed by atoms with Gasteiger partial charge in [0.25, 0.3) is 0 Å². The highest BCUT2D eigenvalue weighted by Crippen LogP contribution is 2.14. The zero-order valence-corrected chi connectivity index (χ0v) is 9.38. The van der Waals surface area contributed by atoms with Crippen LogP contribution in [0.4, 0.5) is 0 Å². The number of aliphatic hydroxyl groups is 1. The first-order valence-electron chi connectivity index (χ1n) is 4.60. The highest BCUT2D eigenvalue weighted by atomic mass is 32.1. The van der Waals surface area contributed by atoms with E-state index in [0.717, 1.165) is 0 Å². The summed E-state index contributed by atoms with van der Waals surface area (Å²) in [6.45, 7) is 0.0499. The molecule has 6 nitrogen and oxygen atoms in total. The van der Waals surface area contributed by atoms with Crippen molar-refractivity contribution in [3.05, 3.63) is 29.8 Å². The lowest BCUT2D eigenvalue weighted by atomic mass is 10.2. The number of benzene rings is 1. The van der Waals surface area contributed by atoms with Crippen molar-refractivity contribution >= 4 is 12.6 Å². The number of hydrogen-bond acceptors (Lipinski definition) is 7. The van der Waals surface area contributed by atoms with E-state index >= 15 is 0 Å². The third-order valence-corrected chi connectivity index (χ3v) is 2.43. The summed E-state index contributed by atoms with van der Waals surface area (Å²) in [5, 5.41) is 28.1. The minimum atomic E-state index is -1.25. The minimum Gasteiger partial charge on any atom is -0.508 e. The molecule has 1 rings (SSSR count). The van der Waals surface area contributed by atoms with Crippen LogP contribution in [-0.2, 0) is 6.54 Å². The second-order valence-corrected chi connectivity index (χ2v) is 3.85. The molecule has 0 aromatic heterocycles. The average molecular weight is 245 g/mol. The summed E-state index contributed by atoms with van der Waals surface area (Å²) in [6, 6.07) is 6.35. The van der Waals surface area contributed by atoms with Gasteiger partial charge in [0.05, 0.1) is 6.54 Å². The Morgan fingerprint density at radius 3 is 2.75 bits per heavy atom. The van der Waals surface area contributed by atoms with Crippen molar-refractivity contribution in [3.63, 3.8) is 0 Å². The number of phenolic OH excluding ortho intramolecular Hbond substituents is 1. The molecule has 16 heavy (non-hydrogen) atoms. The highest BCUT2D eigenvalue weighted by molar-refractivity contribution is 7.80. The summed E-state index contributed by atoms with van der Waals surface area (Å²) in [7, 11) is 0. The quantitative estimate of drug-likeness (QED) is 0.183. The molecule has 0 aliphatic heterocycles. The van der Waals surface area contributed by atoms with Crippen LogP contribution in [0, 0.1) is 0 Å². The first-order chi connectivity index (χ1) is 7.54. The fourth-order valence-electron chi connectivity index (χ4n) is 1.18. The van der Waals surface area contributed by atoms with E-state index in [9.17, 15) is 15.4 Å². The van der Waals surface area contributed by atoms with Crippen LogP contribution in [-0.4, -0.2) is 32.1 Å². The van der Waals surface area contributed by atoms with Gasteiger partial charge in [-0.3, -0.25) is 5.84 Å². The number of rotatable bonds is 5. The lowest BCUT2D eigenvalue weighted by molar-refractivity contribution is -0.204. The zero-order chi connectivity index (χ0) is 12.1. The van der Waals surface area contributed by atoms with Gasteiger partial charge in [0.15, 0.2) is 6.23 Å². The van der Waals surface area contributed by atoms with E-state index in [-0.39, 0.29) is 12.3 Å². The van der Waals surface area contributed by atoms with Gasteiger partial charge in [-0.1, -0.05) is 12.1 Å². The Morgan fingerprint density at radius 2 is 2.19 bits per heavy atom. The lowest BCUT2D eigenvalue weighted by Crippen LogP contribution is -2.48. The molecule has 0 spiro atoms. The van der Waals surface area contributed by atoms with Crippen molar-refractivity contribution in [3.8, 4) is 5.75 Å². The summed E-state index contributed by atoms with van der Waals surface area (Å²) in [4.78, 5) is 0. The first kappa shape index (κ1) is 13.2. The highest BCUT2D eigenvalue weighted by Gasteiger charge is 2.20. The molecule has 0 aliphatic carbocycles. The summed E-state index contributed by atoms with van der Waals surface area (Å²) < 4.78 is 0. The Morgan fingerprint density at radius 1 is 1.50 bits per heavy atom. The van der Waals surface area contributed by atoms with E-state index in [1.165, 1.54) is 12.1 Å². The standard InChI is InChI=1S/C9H15N3O3S/c10-11-8(16)9(14)12(15)5-6-2-1-3-7(13)4-6/h1-4,8-9,11,13-16H,5,10H2. The Labute approximate surface area is 98.6 Å². The van der Waals surface area contributed by atoms with Gasteiger partial charge in [0, 0.05) is 0 Å². The van der Waals surface area contributed by atoms with Crippen LogP contribution < -0.4 is 11.3 Å². The molecule has 0 radical (unpaired) electrons. The summed E-state index contributed by atoms with van der Waals surface area (Å²) in [6.07, 6.45) is -1.25. The molecule has 2 atom stereocenters. The second kappa shape index (κ2) is 6.04. The van der Waals surface area contributed by atoms with Crippen LogP contribution in [0.15, 0.2) is 24.3 Å². The number of hydrogen-bond donors (Lipinski definition) is 6. The van der Waals surface area contributed by atoms with Crippen molar-refractivity contribution in [1.29, 1.82) is 0 Å². The number of aromatic hydroxyl groups is 1. The van der Waals surface area contributed by atoms with Gasteiger partial charge >= 0.3 is 0 Å². The average Bonchev–Trinajstić information content (AvgIpc) is 2.27. The Hall–Kier alpha value is -0.830. The molecule has 0 aliphatic rings. The predicted octanol–water partition coefficient (Wildman–Crippen LogP) is -0.379. The fraction of sp³-hybridized carbons (Fsp3) is 0.333. The fourth-order valence-corrected chi connectivity index (χ4v) is 1.34. The number of phenols is 1.